The number of hydrogen-bond acceptors (Lipinski definition) is 6. The van der Waals surface area contributed by atoms with Crippen molar-refractivity contribution >= 4 is 17.9 Å². The van der Waals surface area contributed by atoms with Crippen LogP contribution in [0.3, 0.4) is 0 Å². The molecule has 0 bridgehead atoms. The highest BCUT2D eigenvalue weighted by Crippen LogP contribution is 2.12. The van der Waals surface area contributed by atoms with Crippen molar-refractivity contribution in [3.8, 4) is 0 Å². The first-order valence-electron chi connectivity index (χ1n) is 23.1. The lowest BCUT2D eigenvalue weighted by Gasteiger charge is -2.18. The Hall–Kier alpha value is -3.41. The minimum absolute atomic E-state index is 0.104. The van der Waals surface area contributed by atoms with Gasteiger partial charge in [0.1, 0.15) is 13.2 Å². The van der Waals surface area contributed by atoms with E-state index in [2.05, 4.69) is 106 Å². The van der Waals surface area contributed by atoms with Crippen LogP contribution >= 0.6 is 0 Å². The number of allylic oxidation sites excluding steroid dienone is 14. The Labute approximate surface area is 350 Å². The SMILES string of the molecule is CC/C=C\C/C=C\CCCCCCCC(=O)OC(COC(=O)CCC/C=C\CCCCCC)COC(=O)CCCCCCC\C=C/C=C\C=C/C=C\CCCCC. The van der Waals surface area contributed by atoms with E-state index in [0.717, 1.165) is 109 Å². The lowest BCUT2D eigenvalue weighted by molar-refractivity contribution is -0.167. The fourth-order valence-corrected chi connectivity index (χ4v) is 5.96. The van der Waals surface area contributed by atoms with E-state index in [-0.39, 0.29) is 31.1 Å². The molecular formula is C51H84O6. The quantitative estimate of drug-likeness (QED) is 0.0202. The molecule has 0 N–H and O–H groups in total. The minimum atomic E-state index is -0.802. The van der Waals surface area contributed by atoms with Crippen molar-refractivity contribution in [3.63, 3.8) is 0 Å². The zero-order valence-corrected chi connectivity index (χ0v) is 36.8. The predicted molar refractivity (Wildman–Crippen MR) is 242 cm³/mol. The van der Waals surface area contributed by atoms with Crippen molar-refractivity contribution in [1.82, 2.24) is 0 Å². The molecule has 324 valence electrons. The molecule has 0 aliphatic carbocycles. The summed E-state index contributed by atoms with van der Waals surface area (Å²) in [5.41, 5.74) is 0. The molecule has 0 radical (unpaired) electrons. The van der Waals surface area contributed by atoms with Gasteiger partial charge in [0.2, 0.25) is 0 Å². The highest BCUT2D eigenvalue weighted by Gasteiger charge is 2.19. The molecule has 0 saturated heterocycles. The number of carbonyl (C=O) groups is 3. The van der Waals surface area contributed by atoms with Crippen molar-refractivity contribution in [1.29, 1.82) is 0 Å². The largest absolute Gasteiger partial charge is 0.462 e. The summed E-state index contributed by atoms with van der Waals surface area (Å²) in [5.74, 6) is -0.985. The molecule has 6 heteroatoms. The van der Waals surface area contributed by atoms with Gasteiger partial charge >= 0.3 is 17.9 Å². The number of unbranched alkanes of at least 4 members (excludes halogenated alkanes) is 18. The fourth-order valence-electron chi connectivity index (χ4n) is 5.96. The molecule has 0 aromatic heterocycles. The number of hydrogen-bond donors (Lipinski definition) is 0. The second-order valence-electron chi connectivity index (χ2n) is 15.0. The van der Waals surface area contributed by atoms with Gasteiger partial charge in [0.25, 0.3) is 0 Å². The van der Waals surface area contributed by atoms with Crippen LogP contribution in [-0.2, 0) is 28.6 Å². The molecule has 0 rings (SSSR count). The summed E-state index contributed by atoms with van der Waals surface area (Å²) < 4.78 is 16.6. The van der Waals surface area contributed by atoms with Gasteiger partial charge in [-0.25, -0.2) is 0 Å². The maximum Gasteiger partial charge on any atom is 0.306 e. The van der Waals surface area contributed by atoms with E-state index in [9.17, 15) is 14.4 Å². The van der Waals surface area contributed by atoms with E-state index < -0.39 is 6.10 Å². The third-order valence-corrected chi connectivity index (χ3v) is 9.45. The van der Waals surface area contributed by atoms with Crippen LogP contribution in [0.15, 0.2) is 85.1 Å². The van der Waals surface area contributed by atoms with E-state index in [1.807, 2.05) is 0 Å². The van der Waals surface area contributed by atoms with Crippen molar-refractivity contribution < 1.29 is 28.6 Å². The van der Waals surface area contributed by atoms with E-state index in [4.69, 9.17) is 14.2 Å². The maximum absolute atomic E-state index is 12.7. The van der Waals surface area contributed by atoms with E-state index in [1.54, 1.807) is 0 Å². The van der Waals surface area contributed by atoms with Crippen molar-refractivity contribution in [3.05, 3.63) is 85.1 Å². The van der Waals surface area contributed by atoms with Crippen molar-refractivity contribution in [2.75, 3.05) is 13.2 Å². The average molecular weight is 793 g/mol. The predicted octanol–water partition coefficient (Wildman–Crippen LogP) is 14.9. The molecule has 0 aliphatic rings. The Morgan fingerprint density at radius 3 is 1.33 bits per heavy atom. The van der Waals surface area contributed by atoms with E-state index in [1.165, 1.54) is 44.9 Å². The molecule has 1 unspecified atom stereocenters. The minimum Gasteiger partial charge on any atom is -0.462 e. The Morgan fingerprint density at radius 1 is 0.386 bits per heavy atom. The Bertz CT molecular complexity index is 1140. The molecule has 0 saturated carbocycles. The molecular weight excluding hydrogens is 709 g/mol. The zero-order chi connectivity index (χ0) is 41.5. The molecule has 0 amide bonds. The molecule has 0 aromatic carbocycles. The normalized spacial score (nSPS) is 12.8. The monoisotopic (exact) mass is 793 g/mol. The molecule has 0 spiro atoms. The number of rotatable bonds is 40. The number of ether oxygens (including phenoxy) is 3. The zero-order valence-electron chi connectivity index (χ0n) is 36.8. The number of carbonyl (C=O) groups excluding carboxylic acids is 3. The van der Waals surface area contributed by atoms with Crippen LogP contribution in [0.25, 0.3) is 0 Å². The highest BCUT2D eigenvalue weighted by atomic mass is 16.6. The third kappa shape index (κ3) is 43.6. The summed E-state index contributed by atoms with van der Waals surface area (Å²) in [7, 11) is 0. The molecule has 0 aliphatic heterocycles. The van der Waals surface area contributed by atoms with Gasteiger partial charge in [0.05, 0.1) is 0 Å². The van der Waals surface area contributed by atoms with Crippen LogP contribution in [0, 0.1) is 0 Å². The summed E-state index contributed by atoms with van der Waals surface area (Å²) in [6.45, 7) is 6.37. The summed E-state index contributed by atoms with van der Waals surface area (Å²) in [6.07, 6.45) is 57.1. The Morgan fingerprint density at radius 2 is 0.772 bits per heavy atom. The third-order valence-electron chi connectivity index (χ3n) is 9.45. The van der Waals surface area contributed by atoms with Crippen LogP contribution in [0.5, 0.6) is 0 Å². The molecule has 57 heavy (non-hydrogen) atoms. The van der Waals surface area contributed by atoms with Crippen LogP contribution in [0.2, 0.25) is 0 Å². The second kappa shape index (κ2) is 45.3. The van der Waals surface area contributed by atoms with Crippen LogP contribution in [0.4, 0.5) is 0 Å². The summed E-state index contributed by atoms with van der Waals surface area (Å²) in [6, 6.07) is 0. The summed E-state index contributed by atoms with van der Waals surface area (Å²) >= 11 is 0. The molecule has 0 fully saturated rings. The van der Waals surface area contributed by atoms with Crippen LogP contribution < -0.4 is 0 Å². The fraction of sp³-hybridized carbons (Fsp3) is 0.667. The van der Waals surface area contributed by atoms with Crippen LogP contribution in [0.1, 0.15) is 201 Å². The molecule has 0 aromatic rings. The lowest BCUT2D eigenvalue weighted by atomic mass is 10.1. The molecule has 6 nitrogen and oxygen atoms in total. The number of esters is 3. The summed E-state index contributed by atoms with van der Waals surface area (Å²) in [5, 5.41) is 0. The summed E-state index contributed by atoms with van der Waals surface area (Å²) in [4.78, 5) is 37.7. The van der Waals surface area contributed by atoms with Crippen LogP contribution in [-0.4, -0.2) is 37.2 Å². The smallest absolute Gasteiger partial charge is 0.306 e. The van der Waals surface area contributed by atoms with Gasteiger partial charge in [-0.05, 0) is 89.9 Å². The standard InChI is InChI=1S/C51H84O6/c1-4-7-10-13-16-19-21-23-24-25-26-27-28-30-32-35-38-41-44-50(53)56-47-48(46-55-49(52)43-40-37-34-31-18-15-12-9-6-3)57-51(54)45-42-39-36-33-29-22-20-17-14-11-8-5-2/h8,11,16-17,19-21,23-27,31,34,48H,4-7,9-10,12-15,18,22,28-30,32-33,35-47H2,1-3H3/b11-8-,19-16-,20-17-,23-21-,25-24-,27-26-,34-31-. The average Bonchev–Trinajstić information content (AvgIpc) is 3.21. The van der Waals surface area contributed by atoms with Crippen molar-refractivity contribution in [2.24, 2.45) is 0 Å². The van der Waals surface area contributed by atoms with Gasteiger partial charge < -0.3 is 14.2 Å². The van der Waals surface area contributed by atoms with Gasteiger partial charge in [0.15, 0.2) is 6.10 Å². The van der Waals surface area contributed by atoms with E-state index >= 15 is 0 Å². The highest BCUT2D eigenvalue weighted by molar-refractivity contribution is 5.71. The first-order chi connectivity index (χ1) is 28.0. The second-order valence-corrected chi connectivity index (χ2v) is 15.0. The van der Waals surface area contributed by atoms with Gasteiger partial charge in [0, 0.05) is 19.3 Å². The van der Waals surface area contributed by atoms with Crippen molar-refractivity contribution in [2.45, 2.75) is 207 Å². The Balaban J connectivity index is 4.44. The lowest BCUT2D eigenvalue weighted by Crippen LogP contribution is -2.30. The maximum atomic E-state index is 12.7. The first-order valence-corrected chi connectivity index (χ1v) is 23.1. The first kappa shape index (κ1) is 53.6. The molecule has 1 atom stereocenters. The van der Waals surface area contributed by atoms with Gasteiger partial charge in [-0.1, -0.05) is 176 Å². The van der Waals surface area contributed by atoms with E-state index in [0.29, 0.717) is 25.7 Å². The van der Waals surface area contributed by atoms with Gasteiger partial charge in [-0.3, -0.25) is 14.4 Å². The Kier molecular flexibility index (Phi) is 42.6. The molecule has 0 heterocycles. The topological polar surface area (TPSA) is 78.9 Å². The van der Waals surface area contributed by atoms with Gasteiger partial charge in [-0.15, -0.1) is 0 Å². The van der Waals surface area contributed by atoms with Gasteiger partial charge in [-0.2, -0.15) is 0 Å².